The number of nitrogens with one attached hydrogen (secondary N) is 1. The van der Waals surface area contributed by atoms with E-state index in [-0.39, 0.29) is 23.8 Å². The van der Waals surface area contributed by atoms with Crippen LogP contribution in [0.5, 0.6) is 0 Å². The fraction of sp³-hybridized carbons (Fsp3) is 0.632. The van der Waals surface area contributed by atoms with E-state index in [9.17, 15) is 9.59 Å². The zero-order valence-corrected chi connectivity index (χ0v) is 15.0. The fourth-order valence-electron chi connectivity index (χ4n) is 3.84. The fourth-order valence-corrected chi connectivity index (χ4v) is 3.84. The molecule has 2 atom stereocenters. The van der Waals surface area contributed by atoms with E-state index in [2.05, 4.69) is 10.3 Å². The first kappa shape index (κ1) is 17.9. The Morgan fingerprint density at radius 1 is 1.36 bits per heavy atom. The third kappa shape index (κ3) is 4.37. The van der Waals surface area contributed by atoms with Crippen LogP contribution in [0.4, 0.5) is 0 Å². The summed E-state index contributed by atoms with van der Waals surface area (Å²) in [4.78, 5) is 33.5. The van der Waals surface area contributed by atoms with E-state index in [0.29, 0.717) is 26.1 Å². The monoisotopic (exact) mass is 344 g/mol. The zero-order valence-electron chi connectivity index (χ0n) is 15.0. The molecule has 2 amide bonds. The van der Waals surface area contributed by atoms with Gasteiger partial charge in [0.25, 0.3) is 0 Å². The van der Waals surface area contributed by atoms with Crippen molar-refractivity contribution in [2.75, 3.05) is 26.2 Å². The molecule has 0 bridgehead atoms. The van der Waals surface area contributed by atoms with Crippen LogP contribution >= 0.6 is 0 Å². The topological polar surface area (TPSA) is 65.5 Å². The number of carbonyl (C=O) groups is 2. The number of pyridine rings is 1. The summed E-state index contributed by atoms with van der Waals surface area (Å²) in [6.45, 7) is 5.66. The highest BCUT2D eigenvalue weighted by Crippen LogP contribution is 2.24. The summed E-state index contributed by atoms with van der Waals surface area (Å²) in [5, 5.41) is 3.41. The van der Waals surface area contributed by atoms with Crippen LogP contribution in [0.2, 0.25) is 0 Å². The Hall–Kier alpha value is -1.95. The number of rotatable bonds is 5. The van der Waals surface area contributed by atoms with Gasteiger partial charge in [0.05, 0.1) is 18.2 Å². The second kappa shape index (κ2) is 8.43. The minimum atomic E-state index is -0.215. The predicted octanol–water partition coefficient (Wildman–Crippen LogP) is 1.42. The maximum atomic E-state index is 13.3. The van der Waals surface area contributed by atoms with E-state index < -0.39 is 0 Å². The Labute approximate surface area is 149 Å². The van der Waals surface area contributed by atoms with Gasteiger partial charge in [-0.2, -0.15) is 0 Å². The molecule has 0 spiro atoms. The second-order valence-corrected chi connectivity index (χ2v) is 6.96. The van der Waals surface area contributed by atoms with Gasteiger partial charge in [0.2, 0.25) is 11.8 Å². The molecular weight excluding hydrogens is 316 g/mol. The van der Waals surface area contributed by atoms with E-state index >= 15 is 0 Å². The van der Waals surface area contributed by atoms with Crippen molar-refractivity contribution in [2.24, 2.45) is 5.92 Å². The number of hydrogen-bond acceptors (Lipinski definition) is 4. The quantitative estimate of drug-likeness (QED) is 0.877. The molecule has 1 N–H and O–H groups in total. The summed E-state index contributed by atoms with van der Waals surface area (Å²) in [7, 11) is 0. The molecule has 0 saturated carbocycles. The van der Waals surface area contributed by atoms with Crippen LogP contribution in [-0.2, 0) is 16.1 Å². The lowest BCUT2D eigenvalue weighted by molar-refractivity contribution is -0.139. The van der Waals surface area contributed by atoms with Crippen LogP contribution < -0.4 is 5.32 Å². The first-order chi connectivity index (χ1) is 12.2. The summed E-state index contributed by atoms with van der Waals surface area (Å²) < 4.78 is 0. The Bertz CT molecular complexity index is 584. The van der Waals surface area contributed by atoms with Crippen molar-refractivity contribution in [1.82, 2.24) is 20.1 Å². The second-order valence-electron chi connectivity index (χ2n) is 6.96. The zero-order chi connectivity index (χ0) is 17.6. The summed E-state index contributed by atoms with van der Waals surface area (Å²) in [5.74, 6) is -0.00426. The number of nitrogens with zero attached hydrogens (tertiary/aromatic N) is 3. The van der Waals surface area contributed by atoms with Gasteiger partial charge in [0.1, 0.15) is 0 Å². The first-order valence-corrected chi connectivity index (χ1v) is 9.38. The molecule has 3 heterocycles. The van der Waals surface area contributed by atoms with E-state index in [0.717, 1.165) is 38.0 Å². The van der Waals surface area contributed by atoms with Crippen LogP contribution in [0.15, 0.2) is 24.4 Å². The molecule has 2 unspecified atom stereocenters. The third-order valence-corrected chi connectivity index (χ3v) is 5.27. The summed E-state index contributed by atoms with van der Waals surface area (Å²) in [6, 6.07) is 6.03. The molecule has 0 aromatic carbocycles. The van der Waals surface area contributed by atoms with E-state index in [4.69, 9.17) is 0 Å². The number of likely N-dealkylation sites (tertiary alicyclic amines) is 1. The van der Waals surface area contributed by atoms with Crippen LogP contribution in [-0.4, -0.2) is 58.8 Å². The molecule has 0 radical (unpaired) electrons. The smallest absolute Gasteiger partial charge is 0.228 e. The third-order valence-electron chi connectivity index (χ3n) is 5.27. The Morgan fingerprint density at radius 2 is 2.24 bits per heavy atom. The highest BCUT2D eigenvalue weighted by Gasteiger charge is 2.37. The minimum absolute atomic E-state index is 0.0983. The van der Waals surface area contributed by atoms with Gasteiger partial charge in [-0.05, 0) is 51.4 Å². The molecule has 2 saturated heterocycles. The molecule has 3 rings (SSSR count). The van der Waals surface area contributed by atoms with Gasteiger partial charge in [-0.25, -0.2) is 0 Å². The molecule has 136 valence electrons. The van der Waals surface area contributed by atoms with Gasteiger partial charge in [-0.15, -0.1) is 0 Å². The van der Waals surface area contributed by atoms with Gasteiger partial charge in [-0.3, -0.25) is 14.6 Å². The number of aromatic nitrogens is 1. The lowest BCUT2D eigenvalue weighted by atomic mass is 10.0. The first-order valence-electron chi connectivity index (χ1n) is 9.38. The van der Waals surface area contributed by atoms with Crippen LogP contribution in [0.25, 0.3) is 0 Å². The van der Waals surface area contributed by atoms with Crippen LogP contribution in [0, 0.1) is 5.92 Å². The average molecular weight is 344 g/mol. The summed E-state index contributed by atoms with van der Waals surface area (Å²) >= 11 is 0. The Kier molecular flexibility index (Phi) is 6.02. The molecule has 2 fully saturated rings. The molecule has 1 aromatic rings. The van der Waals surface area contributed by atoms with Gasteiger partial charge in [0, 0.05) is 31.7 Å². The molecule has 2 aliphatic rings. The molecule has 1 aromatic heterocycles. The van der Waals surface area contributed by atoms with Gasteiger partial charge < -0.3 is 15.1 Å². The van der Waals surface area contributed by atoms with Crippen molar-refractivity contribution in [3.63, 3.8) is 0 Å². The standard InChI is InChI=1S/C19H28N4O2/c1-2-22-13-15(12-18(22)24)19(25)23(14-16-6-3-4-10-21-16)17-7-5-9-20-11-8-17/h3-4,6,10,15,17,20H,2,5,7-9,11-14H2,1H3. The molecule has 25 heavy (non-hydrogen) atoms. The van der Waals surface area contributed by atoms with Crippen molar-refractivity contribution in [3.8, 4) is 0 Å². The maximum absolute atomic E-state index is 13.3. The Balaban J connectivity index is 1.77. The van der Waals surface area contributed by atoms with Crippen molar-refractivity contribution in [1.29, 1.82) is 0 Å². The number of hydrogen-bond donors (Lipinski definition) is 1. The van der Waals surface area contributed by atoms with Crippen molar-refractivity contribution < 1.29 is 9.59 Å². The lowest BCUT2D eigenvalue weighted by Crippen LogP contribution is -2.44. The average Bonchev–Trinajstić information content (AvgIpc) is 2.84. The summed E-state index contributed by atoms with van der Waals surface area (Å²) in [6.07, 6.45) is 5.14. The normalized spacial score (nSPS) is 24.2. The molecule has 0 aliphatic carbocycles. The molecular formula is C19H28N4O2. The largest absolute Gasteiger partial charge is 0.342 e. The van der Waals surface area contributed by atoms with Crippen molar-refractivity contribution in [3.05, 3.63) is 30.1 Å². The van der Waals surface area contributed by atoms with Gasteiger partial charge in [0.15, 0.2) is 0 Å². The van der Waals surface area contributed by atoms with Gasteiger partial charge in [-0.1, -0.05) is 6.07 Å². The minimum Gasteiger partial charge on any atom is -0.342 e. The van der Waals surface area contributed by atoms with Gasteiger partial charge >= 0.3 is 0 Å². The highest BCUT2D eigenvalue weighted by atomic mass is 16.2. The molecule has 6 heteroatoms. The maximum Gasteiger partial charge on any atom is 0.228 e. The van der Waals surface area contributed by atoms with Crippen LogP contribution in [0.1, 0.15) is 38.3 Å². The highest BCUT2D eigenvalue weighted by molar-refractivity contribution is 5.89. The lowest BCUT2D eigenvalue weighted by Gasteiger charge is -2.33. The van der Waals surface area contributed by atoms with Crippen molar-refractivity contribution >= 4 is 11.8 Å². The molecule has 6 nitrogen and oxygen atoms in total. The SMILES string of the molecule is CCN1CC(C(=O)N(Cc2ccccn2)C2CCCNCC2)CC1=O. The van der Waals surface area contributed by atoms with E-state index in [1.54, 1.807) is 11.1 Å². The predicted molar refractivity (Wildman–Crippen MR) is 95.7 cm³/mol. The van der Waals surface area contributed by atoms with Crippen molar-refractivity contribution in [2.45, 2.75) is 45.2 Å². The number of carbonyl (C=O) groups excluding carboxylic acids is 2. The molecule has 2 aliphatic heterocycles. The number of amides is 2. The van der Waals surface area contributed by atoms with Crippen LogP contribution in [0.3, 0.4) is 0 Å². The summed E-state index contributed by atoms with van der Waals surface area (Å²) in [5.41, 5.74) is 0.907. The van der Waals surface area contributed by atoms with E-state index in [1.807, 2.05) is 30.0 Å². The van der Waals surface area contributed by atoms with E-state index in [1.165, 1.54) is 0 Å². The Morgan fingerprint density at radius 3 is 2.96 bits per heavy atom.